The first-order valence-electron chi connectivity index (χ1n) is 5.57. The number of hydrogen-bond acceptors (Lipinski definition) is 4. The van der Waals surface area contributed by atoms with Crippen molar-refractivity contribution < 1.29 is 19.8 Å². The van der Waals surface area contributed by atoms with Gasteiger partial charge in [-0.3, -0.25) is 0 Å². The fourth-order valence-electron chi connectivity index (χ4n) is 1.43. The second-order valence-electron chi connectivity index (χ2n) is 3.83. The van der Waals surface area contributed by atoms with Crippen LogP contribution in [0.15, 0.2) is 58.3 Å². The van der Waals surface area contributed by atoms with Crippen molar-refractivity contribution in [1.82, 2.24) is 0 Å². The van der Waals surface area contributed by atoms with Gasteiger partial charge in [-0.25, -0.2) is 9.59 Å². The summed E-state index contributed by atoms with van der Waals surface area (Å²) in [7, 11) is 2.87. The summed E-state index contributed by atoms with van der Waals surface area (Å²) in [5.74, 6) is -1.91. The van der Waals surface area contributed by atoms with Crippen molar-refractivity contribution in [3.63, 3.8) is 0 Å². The summed E-state index contributed by atoms with van der Waals surface area (Å²) in [6.07, 6.45) is 0. The fraction of sp³-hybridized carbons (Fsp3) is 0. The van der Waals surface area contributed by atoms with Gasteiger partial charge in [0.25, 0.3) is 0 Å². The Morgan fingerprint density at radius 2 is 1.35 bits per heavy atom. The maximum atomic E-state index is 10.9. The zero-order valence-electron chi connectivity index (χ0n) is 10.1. The number of carboxylic acids is 2. The van der Waals surface area contributed by atoms with E-state index in [0.29, 0.717) is 0 Å². The lowest BCUT2D eigenvalue weighted by molar-refractivity contribution is 0.0686. The van der Waals surface area contributed by atoms with E-state index in [-0.39, 0.29) is 11.1 Å². The Morgan fingerprint density at radius 1 is 0.750 bits per heavy atom. The van der Waals surface area contributed by atoms with Gasteiger partial charge in [0, 0.05) is 9.79 Å². The summed E-state index contributed by atoms with van der Waals surface area (Å²) in [5.41, 5.74) is 0.490. The first kappa shape index (κ1) is 14.5. The normalized spacial score (nSPS) is 10.2. The molecule has 0 aromatic heterocycles. The fourth-order valence-corrected chi connectivity index (χ4v) is 3.40. The lowest BCUT2D eigenvalue weighted by Gasteiger charge is -2.03. The Kier molecular flexibility index (Phi) is 4.70. The zero-order valence-corrected chi connectivity index (χ0v) is 11.8. The monoisotopic (exact) mass is 306 g/mol. The molecule has 0 aliphatic rings. The van der Waals surface area contributed by atoms with Crippen LogP contribution in [0.3, 0.4) is 0 Å². The van der Waals surface area contributed by atoms with E-state index in [4.69, 9.17) is 10.2 Å². The Bertz CT molecular complexity index is 638. The molecule has 4 nitrogen and oxygen atoms in total. The second-order valence-corrected chi connectivity index (χ2v) is 6.11. The van der Waals surface area contributed by atoms with Crippen molar-refractivity contribution >= 4 is 33.5 Å². The highest BCUT2D eigenvalue weighted by molar-refractivity contribution is 8.76. The van der Waals surface area contributed by atoms with Gasteiger partial charge in [-0.2, -0.15) is 0 Å². The quantitative estimate of drug-likeness (QED) is 0.816. The molecule has 102 valence electrons. The number of hydrogen-bond donors (Lipinski definition) is 2. The molecule has 0 atom stereocenters. The molecule has 0 saturated carbocycles. The van der Waals surface area contributed by atoms with Crippen molar-refractivity contribution in [2.24, 2.45) is 0 Å². The topological polar surface area (TPSA) is 74.6 Å². The second kappa shape index (κ2) is 6.49. The Labute approximate surface area is 123 Å². The lowest BCUT2D eigenvalue weighted by Crippen LogP contribution is -1.95. The maximum absolute atomic E-state index is 10.9. The van der Waals surface area contributed by atoms with Crippen LogP contribution in [0.2, 0.25) is 0 Å². The van der Waals surface area contributed by atoms with Gasteiger partial charge >= 0.3 is 11.9 Å². The minimum atomic E-state index is -0.955. The van der Waals surface area contributed by atoms with Crippen LogP contribution in [-0.4, -0.2) is 22.2 Å². The summed E-state index contributed by atoms with van der Waals surface area (Å²) < 4.78 is 0. The van der Waals surface area contributed by atoms with Crippen LogP contribution >= 0.6 is 21.6 Å². The van der Waals surface area contributed by atoms with E-state index in [9.17, 15) is 9.59 Å². The summed E-state index contributed by atoms with van der Waals surface area (Å²) >= 11 is 0. The van der Waals surface area contributed by atoms with Crippen molar-refractivity contribution in [2.45, 2.75) is 9.79 Å². The molecule has 0 saturated heterocycles. The van der Waals surface area contributed by atoms with Crippen molar-refractivity contribution in [1.29, 1.82) is 0 Å². The van der Waals surface area contributed by atoms with Gasteiger partial charge in [0.1, 0.15) is 0 Å². The number of carbonyl (C=O) groups is 2. The molecule has 0 aliphatic carbocycles. The number of aromatic carboxylic acids is 2. The Balaban J connectivity index is 2.03. The van der Waals surface area contributed by atoms with Gasteiger partial charge in [0.05, 0.1) is 11.1 Å². The van der Waals surface area contributed by atoms with E-state index in [0.717, 1.165) is 9.79 Å². The molecule has 2 aromatic rings. The third-order valence-corrected chi connectivity index (χ3v) is 4.82. The van der Waals surface area contributed by atoms with Gasteiger partial charge in [-0.05, 0) is 42.5 Å². The molecule has 0 aliphatic heterocycles. The molecule has 0 unspecified atom stereocenters. The summed E-state index contributed by atoms with van der Waals surface area (Å²) in [4.78, 5) is 23.3. The summed E-state index contributed by atoms with van der Waals surface area (Å²) in [5, 5.41) is 17.7. The smallest absolute Gasteiger partial charge is 0.335 e. The van der Waals surface area contributed by atoms with Crippen LogP contribution < -0.4 is 0 Å². The first-order chi connectivity index (χ1) is 9.56. The highest BCUT2D eigenvalue weighted by Gasteiger charge is 2.05. The molecule has 2 rings (SSSR count). The molecule has 0 spiro atoms. The third-order valence-electron chi connectivity index (χ3n) is 2.42. The van der Waals surface area contributed by atoms with E-state index >= 15 is 0 Å². The minimum Gasteiger partial charge on any atom is -0.478 e. The third kappa shape index (κ3) is 3.79. The lowest BCUT2D eigenvalue weighted by atomic mass is 10.2. The molecule has 2 aromatic carbocycles. The summed E-state index contributed by atoms with van der Waals surface area (Å²) in [6, 6.07) is 13.2. The van der Waals surface area contributed by atoms with E-state index in [1.807, 2.05) is 6.07 Å². The van der Waals surface area contributed by atoms with Crippen LogP contribution in [-0.2, 0) is 0 Å². The number of rotatable bonds is 5. The largest absolute Gasteiger partial charge is 0.478 e. The number of benzene rings is 2. The van der Waals surface area contributed by atoms with Crippen molar-refractivity contribution in [2.75, 3.05) is 0 Å². The molecular formula is C14H10O4S2. The molecule has 0 radical (unpaired) electrons. The van der Waals surface area contributed by atoms with Crippen LogP contribution in [0.1, 0.15) is 20.7 Å². The average molecular weight is 306 g/mol. The van der Waals surface area contributed by atoms with Gasteiger partial charge in [0.15, 0.2) is 0 Å². The van der Waals surface area contributed by atoms with E-state index < -0.39 is 11.9 Å². The van der Waals surface area contributed by atoms with E-state index in [1.54, 1.807) is 42.5 Å². The van der Waals surface area contributed by atoms with Crippen LogP contribution in [0.4, 0.5) is 0 Å². The molecular weight excluding hydrogens is 296 g/mol. The molecule has 20 heavy (non-hydrogen) atoms. The van der Waals surface area contributed by atoms with Crippen molar-refractivity contribution in [3.05, 3.63) is 59.7 Å². The van der Waals surface area contributed by atoms with Gasteiger partial charge in [-0.1, -0.05) is 27.7 Å². The molecule has 6 heteroatoms. The van der Waals surface area contributed by atoms with Gasteiger partial charge < -0.3 is 10.2 Å². The predicted octanol–water partition coefficient (Wildman–Crippen LogP) is 3.88. The summed E-state index contributed by atoms with van der Waals surface area (Å²) in [6.45, 7) is 0. The van der Waals surface area contributed by atoms with E-state index in [1.165, 1.54) is 21.6 Å². The minimum absolute atomic E-state index is 0.243. The molecule has 0 bridgehead atoms. The Morgan fingerprint density at radius 3 is 1.95 bits per heavy atom. The van der Waals surface area contributed by atoms with Gasteiger partial charge in [-0.15, -0.1) is 0 Å². The average Bonchev–Trinajstić information content (AvgIpc) is 2.46. The van der Waals surface area contributed by atoms with Crippen molar-refractivity contribution in [3.8, 4) is 0 Å². The molecule has 0 heterocycles. The highest BCUT2D eigenvalue weighted by Crippen LogP contribution is 2.37. The zero-order chi connectivity index (χ0) is 14.5. The van der Waals surface area contributed by atoms with Crippen LogP contribution in [0.25, 0.3) is 0 Å². The molecule has 0 fully saturated rings. The SMILES string of the molecule is O=C(O)c1ccc(SSc2cccc(C(=O)O)c2)cc1. The molecule has 0 amide bonds. The van der Waals surface area contributed by atoms with Crippen LogP contribution in [0, 0.1) is 0 Å². The number of carboxylic acid groups (broad SMARTS) is 2. The first-order valence-corrected chi connectivity index (χ1v) is 7.72. The highest BCUT2D eigenvalue weighted by atomic mass is 33.1. The predicted molar refractivity (Wildman–Crippen MR) is 78.5 cm³/mol. The van der Waals surface area contributed by atoms with Crippen LogP contribution in [0.5, 0.6) is 0 Å². The van der Waals surface area contributed by atoms with Gasteiger partial charge in [0.2, 0.25) is 0 Å². The maximum Gasteiger partial charge on any atom is 0.335 e. The Hall–Kier alpha value is -1.92. The van der Waals surface area contributed by atoms with E-state index in [2.05, 4.69) is 0 Å². The molecule has 2 N–H and O–H groups in total. The standard InChI is InChI=1S/C14H10O4S2/c15-13(16)9-4-6-11(7-5-9)19-20-12-3-1-2-10(8-12)14(17)18/h1-8H,(H,15,16)(H,17,18).